The van der Waals surface area contributed by atoms with Crippen LogP contribution in [-0.4, -0.2) is 6.54 Å². The summed E-state index contributed by atoms with van der Waals surface area (Å²) in [5.41, 5.74) is 6.65. The largest absolute Gasteiger partial charge is 0.330 e. The van der Waals surface area contributed by atoms with Crippen molar-refractivity contribution in [3.05, 3.63) is 0 Å². The Morgan fingerprint density at radius 1 is 1.21 bits per heavy atom. The van der Waals surface area contributed by atoms with E-state index in [0.29, 0.717) is 5.41 Å². The van der Waals surface area contributed by atoms with Crippen LogP contribution in [0.3, 0.4) is 0 Å². The Labute approximate surface area is 93.2 Å². The maximum atomic E-state index is 6.03. The molecule has 82 valence electrons. The second-order valence-corrected chi connectivity index (χ2v) is 5.71. The highest BCUT2D eigenvalue weighted by molar-refractivity contribution is 5.85. The van der Waals surface area contributed by atoms with Crippen LogP contribution in [0, 0.1) is 23.2 Å². The van der Waals surface area contributed by atoms with Crippen LogP contribution in [0.4, 0.5) is 0 Å². The van der Waals surface area contributed by atoms with E-state index in [1.54, 1.807) is 6.42 Å². The van der Waals surface area contributed by atoms with Gasteiger partial charge in [-0.3, -0.25) is 0 Å². The average molecular weight is 216 g/mol. The summed E-state index contributed by atoms with van der Waals surface area (Å²) >= 11 is 0. The monoisotopic (exact) mass is 215 g/mol. The fourth-order valence-electron chi connectivity index (χ4n) is 4.74. The van der Waals surface area contributed by atoms with Gasteiger partial charge in [0.05, 0.1) is 0 Å². The van der Waals surface area contributed by atoms with Crippen molar-refractivity contribution < 1.29 is 0 Å². The molecule has 0 aliphatic heterocycles. The standard InChI is InChI=1S/C12H21N.ClH/c13-8-12-5-1-2-10-6-9(7-12)3-4-11(10)12;/h9-11H,1-8,13H2;1H. The second kappa shape index (κ2) is 3.68. The molecule has 4 fully saturated rings. The van der Waals surface area contributed by atoms with Crippen molar-refractivity contribution in [1.29, 1.82) is 0 Å². The van der Waals surface area contributed by atoms with Crippen LogP contribution >= 0.6 is 12.4 Å². The lowest BCUT2D eigenvalue weighted by molar-refractivity contribution is -0.0745. The molecule has 0 amide bonds. The SMILES string of the molecule is Cl.NCC12CCCC3CC(CCC31)C2. The molecule has 0 aromatic heterocycles. The Morgan fingerprint density at radius 3 is 2.71 bits per heavy atom. The first-order valence-electron chi connectivity index (χ1n) is 6.04. The van der Waals surface area contributed by atoms with Crippen molar-refractivity contribution >= 4 is 12.4 Å². The zero-order chi connectivity index (χ0) is 8.89. The molecule has 0 radical (unpaired) electrons. The molecule has 0 saturated heterocycles. The minimum Gasteiger partial charge on any atom is -0.330 e. The maximum absolute atomic E-state index is 6.03. The Hall–Kier alpha value is 0.250. The van der Waals surface area contributed by atoms with Crippen LogP contribution in [0.2, 0.25) is 0 Å². The summed E-state index contributed by atoms with van der Waals surface area (Å²) in [6.07, 6.45) is 10.5. The first kappa shape index (κ1) is 10.8. The van der Waals surface area contributed by atoms with Crippen molar-refractivity contribution in [2.24, 2.45) is 28.9 Å². The Kier molecular flexibility index (Phi) is 2.83. The number of rotatable bonds is 1. The molecule has 0 aromatic rings. The molecule has 4 aliphatic carbocycles. The van der Waals surface area contributed by atoms with Gasteiger partial charge in [-0.05, 0) is 55.4 Å². The first-order valence-corrected chi connectivity index (χ1v) is 6.04. The average Bonchev–Trinajstić information content (AvgIpc) is 2.18. The van der Waals surface area contributed by atoms with Gasteiger partial charge in [0.1, 0.15) is 0 Å². The second-order valence-electron chi connectivity index (χ2n) is 5.71. The summed E-state index contributed by atoms with van der Waals surface area (Å²) < 4.78 is 0. The van der Waals surface area contributed by atoms with Gasteiger partial charge in [-0.15, -0.1) is 12.4 Å². The van der Waals surface area contributed by atoms with Crippen molar-refractivity contribution in [2.75, 3.05) is 6.54 Å². The molecule has 2 heteroatoms. The molecule has 0 heterocycles. The lowest BCUT2D eigenvalue weighted by Gasteiger charge is -2.58. The van der Waals surface area contributed by atoms with Gasteiger partial charge in [0.2, 0.25) is 0 Å². The Morgan fingerprint density at radius 2 is 2.07 bits per heavy atom. The molecule has 4 atom stereocenters. The summed E-state index contributed by atoms with van der Waals surface area (Å²) in [6.45, 7) is 0.977. The van der Waals surface area contributed by atoms with E-state index in [4.69, 9.17) is 5.73 Å². The number of fused-ring (bicyclic) bond motifs is 1. The predicted octanol–water partition coefficient (Wildman–Crippen LogP) is 2.97. The fraction of sp³-hybridized carbons (Fsp3) is 1.00. The first-order chi connectivity index (χ1) is 6.34. The van der Waals surface area contributed by atoms with Crippen LogP contribution < -0.4 is 5.73 Å². The predicted molar refractivity (Wildman–Crippen MR) is 61.5 cm³/mol. The van der Waals surface area contributed by atoms with Crippen LogP contribution in [-0.2, 0) is 0 Å². The van der Waals surface area contributed by atoms with Gasteiger partial charge in [-0.1, -0.05) is 19.3 Å². The van der Waals surface area contributed by atoms with E-state index in [2.05, 4.69) is 0 Å². The van der Waals surface area contributed by atoms with E-state index in [9.17, 15) is 0 Å². The van der Waals surface area contributed by atoms with Crippen LogP contribution in [0.25, 0.3) is 0 Å². The Balaban J connectivity index is 0.000000750. The van der Waals surface area contributed by atoms with Gasteiger partial charge < -0.3 is 5.73 Å². The third kappa shape index (κ3) is 1.32. The van der Waals surface area contributed by atoms with Crippen LogP contribution in [0.1, 0.15) is 44.9 Å². The lowest BCUT2D eigenvalue weighted by atomic mass is 9.47. The van der Waals surface area contributed by atoms with Gasteiger partial charge in [0.15, 0.2) is 0 Å². The molecule has 0 spiro atoms. The molecule has 4 aliphatic rings. The van der Waals surface area contributed by atoms with Crippen molar-refractivity contribution in [2.45, 2.75) is 44.9 Å². The summed E-state index contributed by atoms with van der Waals surface area (Å²) in [5, 5.41) is 0. The van der Waals surface area contributed by atoms with Gasteiger partial charge in [-0.2, -0.15) is 0 Å². The fourth-order valence-corrected chi connectivity index (χ4v) is 4.74. The van der Waals surface area contributed by atoms with Crippen LogP contribution in [0.5, 0.6) is 0 Å². The summed E-state index contributed by atoms with van der Waals surface area (Å²) in [4.78, 5) is 0. The number of hydrogen-bond donors (Lipinski definition) is 1. The zero-order valence-corrected chi connectivity index (χ0v) is 9.69. The molecule has 4 bridgehead atoms. The molecule has 0 aromatic carbocycles. The third-order valence-electron chi connectivity index (χ3n) is 5.23. The molecular formula is C12H22ClN. The molecule has 14 heavy (non-hydrogen) atoms. The molecule has 1 nitrogen and oxygen atoms in total. The van der Waals surface area contributed by atoms with E-state index >= 15 is 0 Å². The van der Waals surface area contributed by atoms with E-state index in [1.807, 2.05) is 0 Å². The van der Waals surface area contributed by atoms with Gasteiger partial charge in [0.25, 0.3) is 0 Å². The topological polar surface area (TPSA) is 26.0 Å². The third-order valence-corrected chi connectivity index (χ3v) is 5.23. The normalized spacial score (nSPS) is 49.9. The quantitative estimate of drug-likeness (QED) is 0.715. The highest BCUT2D eigenvalue weighted by atomic mass is 35.5. The van der Waals surface area contributed by atoms with Crippen molar-refractivity contribution in [3.63, 3.8) is 0 Å². The van der Waals surface area contributed by atoms with Gasteiger partial charge in [0, 0.05) is 0 Å². The van der Waals surface area contributed by atoms with E-state index in [1.165, 1.54) is 38.5 Å². The summed E-state index contributed by atoms with van der Waals surface area (Å²) in [6, 6.07) is 0. The van der Waals surface area contributed by atoms with Crippen LogP contribution in [0.15, 0.2) is 0 Å². The number of nitrogens with two attached hydrogens (primary N) is 1. The Bertz CT molecular complexity index is 218. The van der Waals surface area contributed by atoms with E-state index < -0.39 is 0 Å². The maximum Gasteiger partial charge on any atom is -0.00177 e. The molecule has 2 N–H and O–H groups in total. The molecule has 4 rings (SSSR count). The molecule has 4 unspecified atom stereocenters. The summed E-state index contributed by atoms with van der Waals surface area (Å²) in [7, 11) is 0. The molecule has 4 saturated carbocycles. The highest BCUT2D eigenvalue weighted by Gasteiger charge is 2.52. The molecular weight excluding hydrogens is 194 g/mol. The number of hydrogen-bond acceptors (Lipinski definition) is 1. The van der Waals surface area contributed by atoms with E-state index in [-0.39, 0.29) is 12.4 Å². The van der Waals surface area contributed by atoms with Gasteiger partial charge in [-0.25, -0.2) is 0 Å². The smallest absolute Gasteiger partial charge is 0.00177 e. The zero-order valence-electron chi connectivity index (χ0n) is 8.87. The lowest BCUT2D eigenvalue weighted by Crippen LogP contribution is -2.52. The van der Waals surface area contributed by atoms with Gasteiger partial charge >= 0.3 is 0 Å². The minimum atomic E-state index is 0. The number of halogens is 1. The van der Waals surface area contributed by atoms with E-state index in [0.717, 1.165) is 24.3 Å². The minimum absolute atomic E-state index is 0. The van der Waals surface area contributed by atoms with Crippen molar-refractivity contribution in [3.8, 4) is 0 Å². The summed E-state index contributed by atoms with van der Waals surface area (Å²) in [5.74, 6) is 3.15. The van der Waals surface area contributed by atoms with Crippen molar-refractivity contribution in [1.82, 2.24) is 0 Å². The highest BCUT2D eigenvalue weighted by Crippen LogP contribution is 2.60.